The summed E-state index contributed by atoms with van der Waals surface area (Å²) in [4.78, 5) is 15.7. The topological polar surface area (TPSA) is 38.7 Å². The molecule has 3 nitrogen and oxygen atoms in total. The first-order chi connectivity index (χ1) is 21.8. The second kappa shape index (κ2) is 9.82. The number of fused-ring (bicyclic) bond motifs is 7. The Balaban J connectivity index is 1.41. The number of nitrogens with zero attached hydrogens (tertiary/aromatic N) is 3. The van der Waals surface area contributed by atoms with E-state index in [1.165, 1.54) is 21.5 Å². The van der Waals surface area contributed by atoms with Gasteiger partial charge >= 0.3 is 0 Å². The number of hydrogen-bond acceptors (Lipinski definition) is 3. The van der Waals surface area contributed by atoms with Gasteiger partial charge in [0.2, 0.25) is 0 Å². The fraction of sp³-hybridized carbons (Fsp3) is 0. The largest absolute Gasteiger partial charge is 0.208 e. The molecule has 0 N–H and O–H groups in total. The lowest BCUT2D eigenvalue weighted by Crippen LogP contribution is -2.01. The van der Waals surface area contributed by atoms with Crippen molar-refractivity contribution in [3.63, 3.8) is 0 Å². The van der Waals surface area contributed by atoms with E-state index < -0.39 is 0 Å². The molecular formula is C41H25N3. The zero-order chi connectivity index (χ0) is 29.0. The van der Waals surface area contributed by atoms with E-state index in [2.05, 4.69) is 152 Å². The SMILES string of the molecule is c1ccc2c(-c3nc(-c4cc5ccccc5c5ccccc45)nc(-c4cc5ccccc5c5ccccc45)n3)cccc2c1. The van der Waals surface area contributed by atoms with E-state index in [1.807, 2.05) is 0 Å². The Morgan fingerprint density at radius 3 is 1.14 bits per heavy atom. The summed E-state index contributed by atoms with van der Waals surface area (Å²) in [7, 11) is 0. The minimum atomic E-state index is 0.663. The van der Waals surface area contributed by atoms with Crippen molar-refractivity contribution in [2.24, 2.45) is 0 Å². The lowest BCUT2D eigenvalue weighted by atomic mass is 9.96. The smallest absolute Gasteiger partial charge is 0.164 e. The van der Waals surface area contributed by atoms with Gasteiger partial charge in [-0.15, -0.1) is 0 Å². The monoisotopic (exact) mass is 559 g/mol. The zero-order valence-electron chi connectivity index (χ0n) is 23.8. The van der Waals surface area contributed by atoms with Gasteiger partial charge in [0.05, 0.1) is 0 Å². The van der Waals surface area contributed by atoms with Gasteiger partial charge in [0.25, 0.3) is 0 Å². The van der Waals surface area contributed by atoms with Gasteiger partial charge in [-0.1, -0.05) is 140 Å². The van der Waals surface area contributed by atoms with Crippen LogP contribution in [0, 0.1) is 0 Å². The Hall–Kier alpha value is -5.93. The van der Waals surface area contributed by atoms with Gasteiger partial charge in [0.15, 0.2) is 17.5 Å². The molecule has 3 heteroatoms. The molecule has 0 aliphatic carbocycles. The Morgan fingerprint density at radius 1 is 0.250 bits per heavy atom. The average Bonchev–Trinajstić information content (AvgIpc) is 3.10. The first-order valence-electron chi connectivity index (χ1n) is 14.9. The second-order valence-electron chi connectivity index (χ2n) is 11.2. The fourth-order valence-electron chi connectivity index (χ4n) is 6.64. The standard InChI is InChI=1S/C41H25N3/c1-4-16-29-26(12-1)15-11-23-36(29)39-42-40(37-24-27-13-2-5-17-30(27)32-19-7-9-21-34(32)37)44-41(43-39)38-25-28-14-3-6-18-31(28)33-20-8-10-22-35(33)38/h1-25H. The summed E-state index contributed by atoms with van der Waals surface area (Å²) >= 11 is 0. The van der Waals surface area contributed by atoms with Crippen molar-refractivity contribution in [3.05, 3.63) is 152 Å². The molecule has 9 rings (SSSR count). The molecule has 0 aliphatic heterocycles. The van der Waals surface area contributed by atoms with Crippen LogP contribution < -0.4 is 0 Å². The summed E-state index contributed by atoms with van der Waals surface area (Å²) in [6, 6.07) is 53.3. The minimum Gasteiger partial charge on any atom is -0.208 e. The average molecular weight is 560 g/mol. The highest BCUT2D eigenvalue weighted by Crippen LogP contribution is 2.38. The Bertz CT molecular complexity index is 2420. The molecule has 0 amide bonds. The Labute approximate surface area is 254 Å². The Kier molecular flexibility index (Phi) is 5.50. The highest BCUT2D eigenvalue weighted by Gasteiger charge is 2.19. The highest BCUT2D eigenvalue weighted by molar-refractivity contribution is 6.15. The van der Waals surface area contributed by atoms with E-state index in [1.54, 1.807) is 0 Å². The van der Waals surface area contributed by atoms with E-state index >= 15 is 0 Å². The third-order valence-electron chi connectivity index (χ3n) is 8.68. The van der Waals surface area contributed by atoms with Gasteiger partial charge in [0, 0.05) is 16.7 Å². The van der Waals surface area contributed by atoms with E-state index in [-0.39, 0.29) is 0 Å². The molecule has 0 radical (unpaired) electrons. The molecule has 0 atom stereocenters. The molecule has 0 bridgehead atoms. The van der Waals surface area contributed by atoms with Crippen molar-refractivity contribution in [2.45, 2.75) is 0 Å². The first-order valence-corrected chi connectivity index (χ1v) is 14.9. The minimum absolute atomic E-state index is 0.663. The quantitative estimate of drug-likeness (QED) is 0.202. The molecule has 0 saturated carbocycles. The number of rotatable bonds is 3. The van der Waals surface area contributed by atoms with Crippen LogP contribution in [0.15, 0.2) is 152 Å². The molecule has 1 heterocycles. The maximum atomic E-state index is 5.27. The fourth-order valence-corrected chi connectivity index (χ4v) is 6.64. The van der Waals surface area contributed by atoms with Crippen molar-refractivity contribution in [1.29, 1.82) is 0 Å². The normalized spacial score (nSPS) is 11.6. The van der Waals surface area contributed by atoms with Crippen LogP contribution in [0.5, 0.6) is 0 Å². The van der Waals surface area contributed by atoms with Crippen LogP contribution in [0.3, 0.4) is 0 Å². The molecule has 0 aliphatic rings. The third-order valence-corrected chi connectivity index (χ3v) is 8.68. The lowest BCUT2D eigenvalue weighted by Gasteiger charge is -2.14. The molecule has 1 aromatic heterocycles. The molecule has 0 saturated heterocycles. The number of aromatic nitrogens is 3. The van der Waals surface area contributed by atoms with E-state index in [0.717, 1.165) is 49.0 Å². The third kappa shape index (κ3) is 3.87. The van der Waals surface area contributed by atoms with E-state index in [9.17, 15) is 0 Å². The van der Waals surface area contributed by atoms with Gasteiger partial charge in [-0.2, -0.15) is 0 Å². The summed E-state index contributed by atoms with van der Waals surface area (Å²) in [6.07, 6.45) is 0. The van der Waals surface area contributed by atoms with Crippen LogP contribution >= 0.6 is 0 Å². The number of benzene rings is 8. The highest BCUT2D eigenvalue weighted by atomic mass is 15.0. The van der Waals surface area contributed by atoms with Crippen molar-refractivity contribution < 1.29 is 0 Å². The maximum absolute atomic E-state index is 5.27. The molecule has 0 spiro atoms. The van der Waals surface area contributed by atoms with Crippen LogP contribution in [0.2, 0.25) is 0 Å². The molecule has 8 aromatic carbocycles. The lowest BCUT2D eigenvalue weighted by molar-refractivity contribution is 1.08. The summed E-state index contributed by atoms with van der Waals surface area (Å²) in [6.45, 7) is 0. The second-order valence-corrected chi connectivity index (χ2v) is 11.2. The first kappa shape index (κ1) is 24.6. The molecule has 0 unspecified atom stereocenters. The molecular weight excluding hydrogens is 534 g/mol. The van der Waals surface area contributed by atoms with E-state index in [0.29, 0.717) is 17.5 Å². The van der Waals surface area contributed by atoms with E-state index in [4.69, 9.17) is 15.0 Å². The molecule has 44 heavy (non-hydrogen) atoms. The van der Waals surface area contributed by atoms with Crippen LogP contribution in [-0.2, 0) is 0 Å². The zero-order valence-corrected chi connectivity index (χ0v) is 23.8. The predicted molar refractivity (Wildman–Crippen MR) is 184 cm³/mol. The van der Waals surface area contributed by atoms with Gasteiger partial charge in [0.1, 0.15) is 0 Å². The van der Waals surface area contributed by atoms with Gasteiger partial charge < -0.3 is 0 Å². The van der Waals surface area contributed by atoms with Crippen LogP contribution in [0.1, 0.15) is 0 Å². The summed E-state index contributed by atoms with van der Waals surface area (Å²) in [5.41, 5.74) is 2.98. The summed E-state index contributed by atoms with van der Waals surface area (Å²) < 4.78 is 0. The number of hydrogen-bond donors (Lipinski definition) is 0. The van der Waals surface area contributed by atoms with Gasteiger partial charge in [-0.05, 0) is 66.0 Å². The maximum Gasteiger partial charge on any atom is 0.164 e. The van der Waals surface area contributed by atoms with Crippen molar-refractivity contribution >= 4 is 53.9 Å². The van der Waals surface area contributed by atoms with Gasteiger partial charge in [-0.25, -0.2) is 15.0 Å². The predicted octanol–water partition coefficient (Wildman–Crippen LogP) is 10.6. The molecule has 204 valence electrons. The van der Waals surface area contributed by atoms with Crippen molar-refractivity contribution in [3.8, 4) is 34.2 Å². The Morgan fingerprint density at radius 2 is 0.614 bits per heavy atom. The molecule has 0 fully saturated rings. The van der Waals surface area contributed by atoms with Gasteiger partial charge in [-0.3, -0.25) is 0 Å². The molecule has 9 aromatic rings. The van der Waals surface area contributed by atoms with Crippen molar-refractivity contribution in [2.75, 3.05) is 0 Å². The van der Waals surface area contributed by atoms with Crippen LogP contribution in [-0.4, -0.2) is 15.0 Å². The van der Waals surface area contributed by atoms with Crippen molar-refractivity contribution in [1.82, 2.24) is 15.0 Å². The summed E-state index contributed by atoms with van der Waals surface area (Å²) in [5, 5.41) is 11.6. The summed E-state index contributed by atoms with van der Waals surface area (Å²) in [5.74, 6) is 1.99. The van der Waals surface area contributed by atoms with Crippen LogP contribution in [0.25, 0.3) is 88.0 Å². The van der Waals surface area contributed by atoms with Crippen LogP contribution in [0.4, 0.5) is 0 Å².